The molecule has 0 aromatic heterocycles. The van der Waals surface area contributed by atoms with Gasteiger partial charge in [0, 0.05) is 12.1 Å². The number of hydrogen-bond donors (Lipinski definition) is 1. The summed E-state index contributed by atoms with van der Waals surface area (Å²) in [6, 6.07) is 2.07. The van der Waals surface area contributed by atoms with E-state index >= 15 is 0 Å². The van der Waals surface area contributed by atoms with Crippen molar-refractivity contribution in [3.05, 3.63) is 33.9 Å². The van der Waals surface area contributed by atoms with E-state index in [1.807, 2.05) is 6.08 Å². The van der Waals surface area contributed by atoms with Crippen molar-refractivity contribution in [2.45, 2.75) is 32.1 Å². The first kappa shape index (κ1) is 13.4. The van der Waals surface area contributed by atoms with E-state index < -0.39 is 0 Å². The topological polar surface area (TPSA) is 35.2 Å². The molecule has 2 rings (SSSR count). The van der Waals surface area contributed by atoms with E-state index in [1.54, 1.807) is 7.11 Å². The van der Waals surface area contributed by atoms with Gasteiger partial charge in [0.1, 0.15) is 5.75 Å². The maximum absolute atomic E-state index is 6.31. The van der Waals surface area contributed by atoms with Gasteiger partial charge in [-0.1, -0.05) is 30.2 Å². The second kappa shape index (κ2) is 6.26. The summed E-state index contributed by atoms with van der Waals surface area (Å²) in [6.45, 7) is 0.532. The molecule has 0 atom stereocenters. The Hall–Kier alpha value is -0.990. The van der Waals surface area contributed by atoms with Gasteiger partial charge >= 0.3 is 0 Å². The second-order valence-corrected chi connectivity index (χ2v) is 5.05. The Bertz CT molecular complexity index is 454. The Labute approximate surface area is 114 Å². The Kier molecular flexibility index (Phi) is 4.67. The third-order valence-electron chi connectivity index (χ3n) is 3.47. The molecule has 2 nitrogen and oxygen atoms in total. The maximum Gasteiger partial charge on any atom is 0.144 e. The Balaban J connectivity index is 2.56. The smallest absolute Gasteiger partial charge is 0.144 e. The van der Waals surface area contributed by atoms with E-state index in [4.69, 9.17) is 22.1 Å². The van der Waals surface area contributed by atoms with Crippen LogP contribution >= 0.6 is 11.6 Å². The summed E-state index contributed by atoms with van der Waals surface area (Å²) in [5, 5.41) is 0.704. The molecule has 0 unspecified atom stereocenters. The summed E-state index contributed by atoms with van der Waals surface area (Å²) in [4.78, 5) is 0. The molecule has 0 fully saturated rings. The van der Waals surface area contributed by atoms with Crippen LogP contribution in [-0.4, -0.2) is 13.7 Å². The fourth-order valence-corrected chi connectivity index (χ4v) is 2.94. The zero-order valence-corrected chi connectivity index (χ0v) is 11.6. The first-order valence-corrected chi connectivity index (χ1v) is 6.90. The molecule has 18 heavy (non-hydrogen) atoms. The summed E-state index contributed by atoms with van der Waals surface area (Å²) in [7, 11) is 1.67. The lowest BCUT2D eigenvalue weighted by Gasteiger charge is -2.16. The minimum absolute atomic E-state index is 0.532. The van der Waals surface area contributed by atoms with Crippen LogP contribution in [0.15, 0.2) is 12.1 Å². The number of ether oxygens (including phenoxy) is 1. The van der Waals surface area contributed by atoms with Gasteiger partial charge in [0.25, 0.3) is 0 Å². The molecule has 0 radical (unpaired) electrons. The SMILES string of the molecule is COc1c(Cl)cc2c(c1/C=C/CN)CCCCC2. The molecule has 0 saturated heterocycles. The van der Waals surface area contributed by atoms with Crippen LogP contribution in [0.5, 0.6) is 5.75 Å². The summed E-state index contributed by atoms with van der Waals surface area (Å²) in [6.07, 6.45) is 10.00. The number of aryl methyl sites for hydroxylation is 1. The van der Waals surface area contributed by atoms with Crippen molar-refractivity contribution in [3.8, 4) is 5.75 Å². The number of hydrogen-bond acceptors (Lipinski definition) is 2. The highest BCUT2D eigenvalue weighted by Gasteiger charge is 2.17. The first-order valence-electron chi connectivity index (χ1n) is 6.52. The monoisotopic (exact) mass is 265 g/mol. The van der Waals surface area contributed by atoms with Crippen LogP contribution in [-0.2, 0) is 12.8 Å². The van der Waals surface area contributed by atoms with Gasteiger partial charge < -0.3 is 10.5 Å². The fourth-order valence-electron chi connectivity index (χ4n) is 2.63. The molecular formula is C15H20ClNO. The van der Waals surface area contributed by atoms with Crippen molar-refractivity contribution in [3.63, 3.8) is 0 Å². The normalized spacial score (nSPS) is 15.5. The van der Waals surface area contributed by atoms with Crippen LogP contribution in [0.25, 0.3) is 6.08 Å². The summed E-state index contributed by atoms with van der Waals surface area (Å²) in [5.41, 5.74) is 9.43. The van der Waals surface area contributed by atoms with Crippen molar-refractivity contribution in [1.82, 2.24) is 0 Å². The van der Waals surface area contributed by atoms with Crippen LogP contribution in [0.3, 0.4) is 0 Å². The Morgan fingerprint density at radius 1 is 1.33 bits per heavy atom. The summed E-state index contributed by atoms with van der Waals surface area (Å²) in [5.74, 6) is 0.780. The quantitative estimate of drug-likeness (QED) is 0.848. The number of fused-ring (bicyclic) bond motifs is 1. The largest absolute Gasteiger partial charge is 0.495 e. The molecule has 3 heteroatoms. The first-order chi connectivity index (χ1) is 8.77. The maximum atomic E-state index is 6.31. The molecule has 1 aromatic carbocycles. The third kappa shape index (κ3) is 2.70. The highest BCUT2D eigenvalue weighted by molar-refractivity contribution is 6.32. The highest BCUT2D eigenvalue weighted by atomic mass is 35.5. The van der Waals surface area contributed by atoms with E-state index in [1.165, 1.54) is 30.4 Å². The van der Waals surface area contributed by atoms with Gasteiger partial charge in [0.2, 0.25) is 0 Å². The summed E-state index contributed by atoms with van der Waals surface area (Å²) >= 11 is 6.31. The minimum atomic E-state index is 0.532. The number of nitrogens with two attached hydrogens (primary N) is 1. The van der Waals surface area contributed by atoms with Crippen LogP contribution in [0, 0.1) is 0 Å². The Morgan fingerprint density at radius 3 is 2.83 bits per heavy atom. The molecule has 1 aliphatic rings. The van der Waals surface area contributed by atoms with Crippen molar-refractivity contribution in [2.24, 2.45) is 5.73 Å². The molecule has 1 aromatic rings. The molecule has 1 aliphatic carbocycles. The van der Waals surface area contributed by atoms with Crippen LogP contribution < -0.4 is 10.5 Å². The molecule has 0 saturated carbocycles. The van der Waals surface area contributed by atoms with Crippen LogP contribution in [0.1, 0.15) is 36.0 Å². The van der Waals surface area contributed by atoms with Crippen LogP contribution in [0.2, 0.25) is 5.02 Å². The molecule has 2 N–H and O–H groups in total. The molecular weight excluding hydrogens is 246 g/mol. The van der Waals surface area contributed by atoms with Crippen LogP contribution in [0.4, 0.5) is 0 Å². The van der Waals surface area contributed by atoms with E-state index in [0.29, 0.717) is 11.6 Å². The van der Waals surface area contributed by atoms with Gasteiger partial charge in [-0.05, 0) is 42.9 Å². The lowest BCUT2D eigenvalue weighted by Crippen LogP contribution is -2.00. The fraction of sp³-hybridized carbons (Fsp3) is 0.467. The number of halogens is 1. The lowest BCUT2D eigenvalue weighted by molar-refractivity contribution is 0.413. The molecule has 0 heterocycles. The molecule has 98 valence electrons. The third-order valence-corrected chi connectivity index (χ3v) is 3.75. The highest BCUT2D eigenvalue weighted by Crippen LogP contribution is 2.37. The Morgan fingerprint density at radius 2 is 2.11 bits per heavy atom. The standard InChI is InChI=1S/C15H20ClNO/c1-18-15-13(8-5-9-17)12-7-4-2-3-6-11(12)10-14(15)16/h5,8,10H,2-4,6-7,9,17H2,1H3/b8-5+. The molecule has 0 spiro atoms. The average Bonchev–Trinajstić information content (AvgIpc) is 2.60. The van der Waals surface area contributed by atoms with Gasteiger partial charge in [0.15, 0.2) is 0 Å². The van der Waals surface area contributed by atoms with Crippen molar-refractivity contribution in [2.75, 3.05) is 13.7 Å². The molecule has 0 amide bonds. The van der Waals surface area contributed by atoms with Gasteiger partial charge in [-0.25, -0.2) is 0 Å². The van der Waals surface area contributed by atoms with E-state index in [-0.39, 0.29) is 0 Å². The number of benzene rings is 1. The predicted molar refractivity (Wildman–Crippen MR) is 77.4 cm³/mol. The second-order valence-electron chi connectivity index (χ2n) is 4.64. The van der Waals surface area contributed by atoms with E-state index in [0.717, 1.165) is 24.2 Å². The number of methoxy groups -OCH3 is 1. The van der Waals surface area contributed by atoms with Gasteiger partial charge in [-0.15, -0.1) is 0 Å². The van der Waals surface area contributed by atoms with Crippen molar-refractivity contribution < 1.29 is 4.74 Å². The lowest BCUT2D eigenvalue weighted by atomic mass is 9.95. The molecule has 0 aliphatic heterocycles. The van der Waals surface area contributed by atoms with Gasteiger partial charge in [-0.3, -0.25) is 0 Å². The van der Waals surface area contributed by atoms with E-state index in [2.05, 4.69) is 12.1 Å². The van der Waals surface area contributed by atoms with E-state index in [9.17, 15) is 0 Å². The van der Waals surface area contributed by atoms with Crippen molar-refractivity contribution in [1.29, 1.82) is 0 Å². The molecule has 0 bridgehead atoms. The van der Waals surface area contributed by atoms with Gasteiger partial charge in [0.05, 0.1) is 12.1 Å². The minimum Gasteiger partial charge on any atom is -0.495 e. The van der Waals surface area contributed by atoms with Crippen molar-refractivity contribution >= 4 is 17.7 Å². The number of rotatable bonds is 3. The zero-order valence-electron chi connectivity index (χ0n) is 10.8. The van der Waals surface area contributed by atoms with Gasteiger partial charge in [-0.2, -0.15) is 0 Å². The zero-order chi connectivity index (χ0) is 13.0. The predicted octanol–water partition coefficient (Wildman–Crippen LogP) is 3.59. The average molecular weight is 266 g/mol. The summed E-state index contributed by atoms with van der Waals surface area (Å²) < 4.78 is 5.46.